The number of halogens is 3. The minimum absolute atomic E-state index is 0.0694. The van der Waals surface area contributed by atoms with Crippen molar-refractivity contribution < 1.29 is 12.8 Å². The smallest absolute Gasteiger partial charge is 0.151 e. The number of hydrogen-bond donors (Lipinski definition) is 0. The van der Waals surface area contributed by atoms with Crippen LogP contribution >= 0.6 is 27.5 Å². The Bertz CT molecular complexity index is 459. The molecular weight excluding hydrogens is 295 g/mol. The zero-order valence-electron chi connectivity index (χ0n) is 7.22. The van der Waals surface area contributed by atoms with Crippen LogP contribution in [0.15, 0.2) is 16.6 Å². The molecule has 0 saturated heterocycles. The van der Waals surface area contributed by atoms with Crippen molar-refractivity contribution in [3.8, 4) is 0 Å². The minimum Gasteiger partial charge on any atom is -0.229 e. The van der Waals surface area contributed by atoms with Gasteiger partial charge in [-0.05, 0) is 12.1 Å². The van der Waals surface area contributed by atoms with Gasteiger partial charge >= 0.3 is 0 Å². The van der Waals surface area contributed by atoms with Crippen LogP contribution in [-0.2, 0) is 15.6 Å². The first-order chi connectivity index (χ1) is 6.31. The van der Waals surface area contributed by atoms with E-state index in [9.17, 15) is 12.8 Å². The van der Waals surface area contributed by atoms with E-state index in [4.69, 9.17) is 11.6 Å². The van der Waals surface area contributed by atoms with Gasteiger partial charge < -0.3 is 0 Å². The van der Waals surface area contributed by atoms with Gasteiger partial charge in [0.2, 0.25) is 0 Å². The number of sulfone groups is 1. The molecule has 78 valence electrons. The van der Waals surface area contributed by atoms with E-state index in [-0.39, 0.29) is 16.3 Å². The van der Waals surface area contributed by atoms with Crippen molar-refractivity contribution in [1.29, 1.82) is 0 Å². The Kier molecular flexibility index (Phi) is 3.55. The van der Waals surface area contributed by atoms with Gasteiger partial charge in [-0.1, -0.05) is 27.5 Å². The lowest BCUT2D eigenvalue weighted by molar-refractivity contribution is 0.591. The normalized spacial score (nSPS) is 11.7. The fourth-order valence-corrected chi connectivity index (χ4v) is 2.58. The molecule has 0 spiro atoms. The quantitative estimate of drug-likeness (QED) is 0.787. The summed E-state index contributed by atoms with van der Waals surface area (Å²) in [5.41, 5.74) is 0.0694. The molecule has 0 aromatic heterocycles. The molecule has 14 heavy (non-hydrogen) atoms. The molecule has 0 N–H and O–H groups in total. The van der Waals surface area contributed by atoms with Crippen LogP contribution < -0.4 is 0 Å². The first-order valence-electron chi connectivity index (χ1n) is 3.61. The molecule has 0 unspecified atom stereocenters. The molecule has 0 atom stereocenters. The van der Waals surface area contributed by atoms with Crippen molar-refractivity contribution in [2.24, 2.45) is 0 Å². The second kappa shape index (κ2) is 4.16. The van der Waals surface area contributed by atoms with Crippen molar-refractivity contribution >= 4 is 37.4 Å². The average molecular weight is 302 g/mol. The van der Waals surface area contributed by atoms with E-state index in [1.54, 1.807) is 0 Å². The molecule has 0 aliphatic carbocycles. The van der Waals surface area contributed by atoms with Gasteiger partial charge in [0.05, 0.1) is 10.8 Å². The van der Waals surface area contributed by atoms with E-state index in [1.807, 2.05) is 0 Å². The molecule has 0 saturated carbocycles. The van der Waals surface area contributed by atoms with Crippen molar-refractivity contribution in [3.05, 3.63) is 33.0 Å². The maximum absolute atomic E-state index is 13.4. The molecule has 2 nitrogen and oxygen atoms in total. The number of hydrogen-bond acceptors (Lipinski definition) is 2. The summed E-state index contributed by atoms with van der Waals surface area (Å²) in [6, 6.07) is 2.89. The fourth-order valence-electron chi connectivity index (χ4n) is 0.964. The molecule has 0 aliphatic rings. The topological polar surface area (TPSA) is 34.1 Å². The van der Waals surface area contributed by atoms with Crippen LogP contribution in [-0.4, -0.2) is 14.7 Å². The summed E-state index contributed by atoms with van der Waals surface area (Å²) in [6.45, 7) is 0. The number of rotatable bonds is 2. The van der Waals surface area contributed by atoms with E-state index in [0.717, 1.165) is 6.26 Å². The molecule has 1 aromatic carbocycles. The van der Waals surface area contributed by atoms with Crippen LogP contribution in [0.5, 0.6) is 0 Å². The highest BCUT2D eigenvalue weighted by Gasteiger charge is 2.15. The number of benzene rings is 1. The Hall–Kier alpha value is -0.130. The first kappa shape index (κ1) is 11.9. The van der Waals surface area contributed by atoms with Crippen molar-refractivity contribution in [2.75, 3.05) is 6.26 Å². The highest BCUT2D eigenvalue weighted by atomic mass is 79.9. The molecule has 0 heterocycles. The van der Waals surface area contributed by atoms with Crippen molar-refractivity contribution in [3.63, 3.8) is 0 Å². The summed E-state index contributed by atoms with van der Waals surface area (Å²) in [4.78, 5) is 0. The lowest BCUT2D eigenvalue weighted by atomic mass is 10.2. The Labute approximate surface area is 95.1 Å². The van der Waals surface area contributed by atoms with Crippen molar-refractivity contribution in [2.45, 2.75) is 5.75 Å². The largest absolute Gasteiger partial charge is 0.229 e. The molecular formula is C8H7BrClFO2S. The Morgan fingerprint density at radius 2 is 2.07 bits per heavy atom. The van der Waals surface area contributed by atoms with E-state index in [1.165, 1.54) is 12.1 Å². The summed E-state index contributed by atoms with van der Waals surface area (Å²) in [6.07, 6.45) is 1.04. The van der Waals surface area contributed by atoms with Gasteiger partial charge in [0.25, 0.3) is 0 Å². The highest BCUT2D eigenvalue weighted by molar-refractivity contribution is 9.10. The van der Waals surface area contributed by atoms with Crippen molar-refractivity contribution in [1.82, 2.24) is 0 Å². The SMILES string of the molecule is CS(=O)(=O)Cc1c(Br)ccc(Cl)c1F. The van der Waals surface area contributed by atoms with Crippen LogP contribution in [0.2, 0.25) is 5.02 Å². The van der Waals surface area contributed by atoms with Gasteiger partial charge in [-0.2, -0.15) is 0 Å². The molecule has 0 amide bonds. The summed E-state index contributed by atoms with van der Waals surface area (Å²) >= 11 is 8.59. The van der Waals surface area contributed by atoms with Gasteiger partial charge in [0.15, 0.2) is 9.84 Å². The zero-order chi connectivity index (χ0) is 10.9. The summed E-state index contributed by atoms with van der Waals surface area (Å²) in [5.74, 6) is -1.05. The average Bonchev–Trinajstić information content (AvgIpc) is 2.04. The highest BCUT2D eigenvalue weighted by Crippen LogP contribution is 2.27. The Morgan fingerprint density at radius 3 is 2.57 bits per heavy atom. The molecule has 1 aromatic rings. The molecule has 0 radical (unpaired) electrons. The summed E-state index contributed by atoms with van der Waals surface area (Å²) < 4.78 is 35.7. The standard InChI is InChI=1S/C8H7BrClFO2S/c1-14(12,13)4-5-6(9)2-3-7(10)8(5)11/h2-3H,4H2,1H3. The van der Waals surface area contributed by atoms with Gasteiger partial charge in [0.1, 0.15) is 5.82 Å². The minimum atomic E-state index is -3.27. The monoisotopic (exact) mass is 300 g/mol. The lowest BCUT2D eigenvalue weighted by Crippen LogP contribution is -2.04. The summed E-state index contributed by atoms with van der Waals surface area (Å²) in [7, 11) is -3.27. The van der Waals surface area contributed by atoms with Crippen LogP contribution in [0, 0.1) is 5.82 Å². The molecule has 0 fully saturated rings. The predicted molar refractivity (Wildman–Crippen MR) is 57.7 cm³/mol. The molecule has 0 aliphatic heterocycles. The Morgan fingerprint density at radius 1 is 1.50 bits per heavy atom. The second-order valence-corrected chi connectivity index (χ2v) is 6.29. The molecule has 6 heteroatoms. The molecule has 1 rings (SSSR count). The lowest BCUT2D eigenvalue weighted by Gasteiger charge is -2.05. The third-order valence-corrected chi connectivity index (χ3v) is 3.39. The maximum atomic E-state index is 13.4. The van der Waals surface area contributed by atoms with Crippen LogP contribution in [0.4, 0.5) is 4.39 Å². The van der Waals surface area contributed by atoms with E-state index < -0.39 is 15.7 Å². The Balaban J connectivity index is 3.27. The van der Waals surface area contributed by atoms with Crippen LogP contribution in [0.1, 0.15) is 5.56 Å². The van der Waals surface area contributed by atoms with Gasteiger partial charge in [-0.15, -0.1) is 0 Å². The van der Waals surface area contributed by atoms with E-state index in [2.05, 4.69) is 15.9 Å². The van der Waals surface area contributed by atoms with Gasteiger partial charge in [0, 0.05) is 16.3 Å². The van der Waals surface area contributed by atoms with Crippen LogP contribution in [0.3, 0.4) is 0 Å². The van der Waals surface area contributed by atoms with E-state index >= 15 is 0 Å². The second-order valence-electron chi connectivity index (χ2n) is 2.89. The third kappa shape index (κ3) is 2.93. The third-order valence-electron chi connectivity index (χ3n) is 1.55. The first-order valence-corrected chi connectivity index (χ1v) is 6.84. The van der Waals surface area contributed by atoms with E-state index in [0.29, 0.717) is 4.47 Å². The van der Waals surface area contributed by atoms with Gasteiger partial charge in [-0.3, -0.25) is 0 Å². The van der Waals surface area contributed by atoms with Gasteiger partial charge in [-0.25, -0.2) is 12.8 Å². The van der Waals surface area contributed by atoms with Crippen LogP contribution in [0.25, 0.3) is 0 Å². The fraction of sp³-hybridized carbons (Fsp3) is 0.250. The zero-order valence-corrected chi connectivity index (χ0v) is 10.4. The predicted octanol–water partition coefficient (Wildman–Crippen LogP) is 2.79. The molecule has 0 bridgehead atoms. The maximum Gasteiger partial charge on any atom is 0.151 e. The summed E-state index contributed by atoms with van der Waals surface area (Å²) in [5, 5.41) is -0.0770.